The lowest BCUT2D eigenvalue weighted by Gasteiger charge is -2.06. The van der Waals surface area contributed by atoms with Gasteiger partial charge in [-0.1, -0.05) is 12.1 Å². The quantitative estimate of drug-likeness (QED) is 0.196. The van der Waals surface area contributed by atoms with Crippen molar-refractivity contribution in [1.29, 1.82) is 0 Å². The van der Waals surface area contributed by atoms with Crippen molar-refractivity contribution in [2.45, 2.75) is 0 Å². The number of methoxy groups -OCH3 is 1. The van der Waals surface area contributed by atoms with E-state index in [0.29, 0.717) is 5.56 Å². The van der Waals surface area contributed by atoms with Crippen molar-refractivity contribution in [3.63, 3.8) is 0 Å². The number of fused-ring (bicyclic) bond motifs is 8. The number of nitrogens with zero attached hydrogens (tertiary/aromatic N) is 6. The minimum Gasteiger partial charge on any atom is -1.00 e. The first-order valence-electron chi connectivity index (χ1n) is 15.6. The predicted octanol–water partition coefficient (Wildman–Crippen LogP) is -0.223. The summed E-state index contributed by atoms with van der Waals surface area (Å²) in [6.07, 6.45) is 16.4. The lowest BCUT2D eigenvalue weighted by Crippen LogP contribution is -3.00. The van der Waals surface area contributed by atoms with Gasteiger partial charge in [-0.3, -0.25) is 0 Å². The van der Waals surface area contributed by atoms with Gasteiger partial charge in [-0.25, -0.2) is 33.0 Å². The Labute approximate surface area is 300 Å². The minimum absolute atomic E-state index is 0. The molecular weight excluding hydrogens is 671 g/mol. The topological polar surface area (TPSA) is 101 Å². The molecule has 0 unspecified atom stereocenters. The Kier molecular flexibility index (Phi) is 9.09. The van der Waals surface area contributed by atoms with E-state index >= 15 is 0 Å². The van der Waals surface area contributed by atoms with Crippen LogP contribution in [-0.2, 0) is 32.9 Å². The lowest BCUT2D eigenvalue weighted by atomic mass is 10.0. The van der Waals surface area contributed by atoms with Crippen LogP contribution in [0.1, 0.15) is 33.1 Å². The summed E-state index contributed by atoms with van der Waals surface area (Å²) in [6, 6.07) is 17.9. The molecular formula is C38H34Cl2N8O2. The molecule has 0 radical (unpaired) electrons. The zero-order valence-electron chi connectivity index (χ0n) is 28.1. The molecule has 2 aliphatic heterocycles. The highest BCUT2D eigenvalue weighted by atomic mass is 35.5. The number of rotatable bonds is 4. The molecule has 12 heteroatoms. The average molecular weight is 706 g/mol. The third-order valence-corrected chi connectivity index (χ3v) is 8.94. The van der Waals surface area contributed by atoms with Gasteiger partial charge in [0.05, 0.1) is 74.7 Å². The number of esters is 1. The molecule has 7 heterocycles. The summed E-state index contributed by atoms with van der Waals surface area (Å²) in [5.74, 6) is 1.63. The Hall–Kier alpha value is -5.71. The Morgan fingerprint density at radius 2 is 1.30 bits per heavy atom. The molecule has 5 aromatic heterocycles. The monoisotopic (exact) mass is 704 g/mol. The summed E-state index contributed by atoms with van der Waals surface area (Å²) in [6.45, 7) is 0. The SMILES string of the molecule is COC(=O)c1ccc(-c2cc3cc4nc(c(-c5n(C)cc[n+]5C)c5ccc(cc6nc(c(-c7n(C)cc[n+]7C)c2[nH]3)C=C6)[nH]5)C=C4)cc1.[Cl-].[Cl-]. The first-order chi connectivity index (χ1) is 23.3. The Balaban J connectivity index is 0.00000216. The van der Waals surface area contributed by atoms with Crippen LogP contribution >= 0.6 is 0 Å². The third-order valence-electron chi connectivity index (χ3n) is 8.94. The molecule has 0 atom stereocenters. The van der Waals surface area contributed by atoms with E-state index in [1.54, 1.807) is 12.1 Å². The lowest BCUT2D eigenvalue weighted by molar-refractivity contribution is -0.659. The summed E-state index contributed by atoms with van der Waals surface area (Å²) >= 11 is 0. The van der Waals surface area contributed by atoms with Gasteiger partial charge in [0.25, 0.3) is 11.6 Å². The number of hydrogen-bond donors (Lipinski definition) is 2. The number of aromatic amines is 2. The van der Waals surface area contributed by atoms with Gasteiger partial charge in [-0.05, 0) is 72.3 Å². The molecule has 50 heavy (non-hydrogen) atoms. The fourth-order valence-corrected chi connectivity index (χ4v) is 6.65. The number of H-pyrrole nitrogens is 2. The standard InChI is InChI=1S/C38H32N8O2.2ClH/c1-43-16-17-44(2)36(43)33-30-13-10-25(39-30)20-26-12-15-32(41-26)34(37-45(3)18-19-46(37)4)35-29(23-6-8-24(9-7-23)38(47)48-5)22-28(42-35)21-27-11-14-31(33)40-27;;/h6-22H,1-5H3;2*1H. The van der Waals surface area contributed by atoms with Gasteiger partial charge in [-0.15, -0.1) is 0 Å². The van der Waals surface area contributed by atoms with E-state index in [9.17, 15) is 4.79 Å². The van der Waals surface area contributed by atoms with E-state index in [1.807, 2.05) is 77.3 Å². The summed E-state index contributed by atoms with van der Waals surface area (Å²) in [5.41, 5.74) is 11.4. The van der Waals surface area contributed by atoms with Crippen LogP contribution in [0.2, 0.25) is 0 Å². The van der Waals surface area contributed by atoms with Crippen LogP contribution in [0.25, 0.3) is 80.3 Å². The van der Waals surface area contributed by atoms with Gasteiger partial charge >= 0.3 is 5.97 Å². The molecule has 0 fully saturated rings. The fraction of sp³-hybridized carbons (Fsp3) is 0.132. The number of imidazole rings is 2. The second-order valence-corrected chi connectivity index (χ2v) is 12.1. The first kappa shape index (κ1) is 34.2. The van der Waals surface area contributed by atoms with Gasteiger partial charge in [-0.2, -0.15) is 0 Å². The van der Waals surface area contributed by atoms with Crippen molar-refractivity contribution in [2.75, 3.05) is 7.11 Å². The maximum Gasteiger partial charge on any atom is 0.337 e. The average Bonchev–Trinajstić information content (AvgIpc) is 3.95. The molecule has 2 N–H and O–H groups in total. The van der Waals surface area contributed by atoms with Crippen molar-refractivity contribution in [3.05, 3.63) is 108 Å². The zero-order chi connectivity index (χ0) is 33.1. The molecule has 10 nitrogen and oxygen atoms in total. The largest absolute Gasteiger partial charge is 1.00 e. The highest BCUT2D eigenvalue weighted by molar-refractivity contribution is 5.99. The molecule has 0 amide bonds. The van der Waals surface area contributed by atoms with Crippen LogP contribution in [0, 0.1) is 0 Å². The second kappa shape index (κ2) is 13.3. The predicted molar refractivity (Wildman–Crippen MR) is 187 cm³/mol. The molecule has 6 aromatic rings. The van der Waals surface area contributed by atoms with Crippen LogP contribution in [0.15, 0.2) is 79.4 Å². The summed E-state index contributed by atoms with van der Waals surface area (Å²) in [5, 5.41) is 0. The van der Waals surface area contributed by atoms with Gasteiger partial charge in [0, 0.05) is 16.6 Å². The van der Waals surface area contributed by atoms with E-state index in [0.717, 1.165) is 78.7 Å². The van der Waals surface area contributed by atoms with E-state index in [-0.39, 0.29) is 30.8 Å². The molecule has 252 valence electrons. The third kappa shape index (κ3) is 5.82. The highest BCUT2D eigenvalue weighted by Crippen LogP contribution is 2.36. The first-order valence-corrected chi connectivity index (χ1v) is 15.6. The Morgan fingerprint density at radius 1 is 0.720 bits per heavy atom. The number of ether oxygens (including phenoxy) is 1. The minimum atomic E-state index is -0.373. The van der Waals surface area contributed by atoms with Gasteiger partial charge in [0.1, 0.15) is 35.9 Å². The molecule has 0 saturated heterocycles. The van der Waals surface area contributed by atoms with Crippen LogP contribution in [0.5, 0.6) is 0 Å². The molecule has 0 aliphatic carbocycles. The normalized spacial score (nSPS) is 11.7. The summed E-state index contributed by atoms with van der Waals surface area (Å²) < 4.78 is 13.4. The molecule has 0 spiro atoms. The number of carbonyl (C=O) groups is 1. The molecule has 1 aromatic carbocycles. The second-order valence-electron chi connectivity index (χ2n) is 12.1. The molecule has 0 saturated carbocycles. The number of halogens is 2. The number of nitrogens with one attached hydrogen (secondary N) is 2. The number of carbonyl (C=O) groups excluding carboxylic acids is 1. The van der Waals surface area contributed by atoms with Crippen molar-refractivity contribution < 1.29 is 43.5 Å². The van der Waals surface area contributed by atoms with E-state index in [1.165, 1.54) is 7.11 Å². The fourth-order valence-electron chi connectivity index (χ4n) is 6.65. The maximum atomic E-state index is 12.3. The zero-order valence-corrected chi connectivity index (χ0v) is 29.6. The summed E-state index contributed by atoms with van der Waals surface area (Å²) in [4.78, 5) is 29.9. The van der Waals surface area contributed by atoms with E-state index < -0.39 is 0 Å². The summed E-state index contributed by atoms with van der Waals surface area (Å²) in [7, 11) is 9.55. The van der Waals surface area contributed by atoms with Gasteiger partial charge < -0.3 is 39.5 Å². The highest BCUT2D eigenvalue weighted by Gasteiger charge is 2.25. The van der Waals surface area contributed by atoms with E-state index in [2.05, 4.69) is 70.7 Å². The van der Waals surface area contributed by atoms with E-state index in [4.69, 9.17) is 14.7 Å². The molecule has 8 bridgehead atoms. The molecule has 8 rings (SSSR count). The smallest absolute Gasteiger partial charge is 0.337 e. The molecule has 2 aliphatic rings. The van der Waals surface area contributed by atoms with Crippen molar-refractivity contribution in [2.24, 2.45) is 28.2 Å². The number of aryl methyl sites for hydroxylation is 4. The number of aromatic nitrogens is 8. The van der Waals surface area contributed by atoms with Gasteiger partial charge in [0.15, 0.2) is 0 Å². The Morgan fingerprint density at radius 3 is 1.88 bits per heavy atom. The van der Waals surface area contributed by atoms with Crippen LogP contribution in [0.4, 0.5) is 0 Å². The number of hydrogen-bond acceptors (Lipinski definition) is 4. The van der Waals surface area contributed by atoms with Crippen molar-refractivity contribution in [1.82, 2.24) is 29.1 Å². The van der Waals surface area contributed by atoms with Crippen molar-refractivity contribution in [3.8, 4) is 33.9 Å². The maximum absolute atomic E-state index is 12.3. The van der Waals surface area contributed by atoms with Crippen molar-refractivity contribution >= 4 is 52.3 Å². The van der Waals surface area contributed by atoms with Gasteiger partial charge in [0.2, 0.25) is 0 Å². The van der Waals surface area contributed by atoms with Crippen LogP contribution in [-0.4, -0.2) is 42.1 Å². The number of benzene rings is 1. The van der Waals surface area contributed by atoms with Crippen LogP contribution < -0.4 is 33.9 Å². The Bertz CT molecular complexity index is 2480. The van der Waals surface area contributed by atoms with Crippen LogP contribution in [0.3, 0.4) is 0 Å².